The maximum Gasteiger partial charge on any atom is 0.339 e. The lowest BCUT2D eigenvalue weighted by molar-refractivity contribution is 0.0179. The monoisotopic (exact) mass is 696 g/mol. The molecule has 0 aromatic heterocycles. The van der Waals surface area contributed by atoms with Gasteiger partial charge in [-0.3, -0.25) is 0 Å². The molecule has 0 radical (unpaired) electrons. The number of methoxy groups -OCH3 is 2. The van der Waals surface area contributed by atoms with Crippen LogP contribution in [0.2, 0.25) is 0 Å². The molecule has 3 aromatic rings. The topological polar surface area (TPSA) is 126 Å². The normalized spacial score (nSPS) is 10.8. The highest BCUT2D eigenvalue weighted by Gasteiger charge is 2.16. The molecular weight excluding hydrogens is 648 g/mol. The molecule has 3 rings (SSSR count). The summed E-state index contributed by atoms with van der Waals surface area (Å²) in [6.07, 6.45) is 1.50. The van der Waals surface area contributed by atoms with Gasteiger partial charge in [-0.1, -0.05) is 36.9 Å². The van der Waals surface area contributed by atoms with Gasteiger partial charge in [0.05, 0.1) is 77.2 Å². The Labute approximate surface area is 294 Å². The Morgan fingerprint density at radius 3 is 1.40 bits per heavy atom. The molecule has 50 heavy (non-hydrogen) atoms. The predicted molar refractivity (Wildman–Crippen MR) is 186 cm³/mol. The van der Waals surface area contributed by atoms with Gasteiger partial charge in [0.25, 0.3) is 0 Å². The van der Waals surface area contributed by atoms with Gasteiger partial charge in [0.1, 0.15) is 37.9 Å². The highest BCUT2D eigenvalue weighted by atomic mass is 16.6. The lowest BCUT2D eigenvalue weighted by Gasteiger charge is -2.11. The van der Waals surface area contributed by atoms with E-state index in [2.05, 4.69) is 6.58 Å². The number of carbonyl (C=O) groups excluding carboxylic acids is 2. The van der Waals surface area contributed by atoms with Crippen molar-refractivity contribution in [3.8, 4) is 11.5 Å². The predicted octanol–water partition coefficient (Wildman–Crippen LogP) is 5.16. The number of ether oxygens (including phenoxy) is 10. The SMILES string of the molecule is C=Cc1cc(C(=O)OCc2ccc(OCCOCCOCCOC)cc2)ccc1C(=O)OCc1ccc(OCCOCCOCCOC)cc1. The van der Waals surface area contributed by atoms with Crippen molar-refractivity contribution in [2.75, 3.05) is 93.5 Å². The molecule has 3 aromatic carbocycles. The van der Waals surface area contributed by atoms with Gasteiger partial charge < -0.3 is 47.4 Å². The van der Waals surface area contributed by atoms with E-state index in [0.29, 0.717) is 96.3 Å². The van der Waals surface area contributed by atoms with E-state index in [1.54, 1.807) is 44.6 Å². The number of hydrogen-bond donors (Lipinski definition) is 0. The first kappa shape index (κ1) is 40.1. The molecule has 0 aliphatic carbocycles. The first-order valence-corrected chi connectivity index (χ1v) is 16.4. The molecule has 0 aliphatic rings. The lowest BCUT2D eigenvalue weighted by atomic mass is 10.0. The van der Waals surface area contributed by atoms with Crippen molar-refractivity contribution >= 4 is 18.0 Å². The minimum Gasteiger partial charge on any atom is -0.491 e. The van der Waals surface area contributed by atoms with E-state index in [1.165, 1.54) is 18.2 Å². The van der Waals surface area contributed by atoms with Crippen molar-refractivity contribution in [1.82, 2.24) is 0 Å². The molecule has 0 bridgehead atoms. The molecule has 0 amide bonds. The van der Waals surface area contributed by atoms with Crippen LogP contribution in [-0.2, 0) is 51.1 Å². The second-order valence-electron chi connectivity index (χ2n) is 10.6. The van der Waals surface area contributed by atoms with Gasteiger partial charge >= 0.3 is 11.9 Å². The van der Waals surface area contributed by atoms with Crippen LogP contribution in [0.3, 0.4) is 0 Å². The van der Waals surface area contributed by atoms with E-state index in [1.807, 2.05) is 24.3 Å². The zero-order chi connectivity index (χ0) is 35.7. The molecule has 0 N–H and O–H groups in total. The van der Waals surface area contributed by atoms with Crippen molar-refractivity contribution in [2.45, 2.75) is 13.2 Å². The maximum atomic E-state index is 12.9. The van der Waals surface area contributed by atoms with Gasteiger partial charge in [0.15, 0.2) is 0 Å². The zero-order valence-corrected chi connectivity index (χ0v) is 28.9. The minimum atomic E-state index is -0.538. The van der Waals surface area contributed by atoms with Gasteiger partial charge in [0, 0.05) is 14.2 Å². The third-order valence-electron chi connectivity index (χ3n) is 6.91. The molecule has 0 heterocycles. The summed E-state index contributed by atoms with van der Waals surface area (Å²) in [5.74, 6) is 0.288. The van der Waals surface area contributed by atoms with Crippen molar-refractivity contribution in [3.05, 3.63) is 101 Å². The van der Waals surface area contributed by atoms with Gasteiger partial charge in [-0.2, -0.15) is 0 Å². The van der Waals surface area contributed by atoms with Crippen LogP contribution < -0.4 is 9.47 Å². The number of esters is 2. The molecule has 12 nitrogen and oxygen atoms in total. The number of hydrogen-bond acceptors (Lipinski definition) is 12. The molecule has 0 fully saturated rings. The van der Waals surface area contributed by atoms with Gasteiger partial charge in [-0.25, -0.2) is 9.59 Å². The molecule has 0 spiro atoms. The lowest BCUT2D eigenvalue weighted by Crippen LogP contribution is -2.12. The Morgan fingerprint density at radius 2 is 0.960 bits per heavy atom. The smallest absolute Gasteiger partial charge is 0.339 e. The van der Waals surface area contributed by atoms with E-state index in [9.17, 15) is 9.59 Å². The van der Waals surface area contributed by atoms with Gasteiger partial charge in [0.2, 0.25) is 0 Å². The van der Waals surface area contributed by atoms with Crippen LogP contribution in [0.1, 0.15) is 37.4 Å². The van der Waals surface area contributed by atoms with Crippen LogP contribution in [0.25, 0.3) is 6.08 Å². The third-order valence-corrected chi connectivity index (χ3v) is 6.91. The average Bonchev–Trinajstić information content (AvgIpc) is 3.15. The molecule has 0 unspecified atom stereocenters. The Hall–Kier alpha value is -4.30. The summed E-state index contributed by atoms with van der Waals surface area (Å²) in [6.45, 7) is 9.75. The van der Waals surface area contributed by atoms with E-state index in [-0.39, 0.29) is 24.3 Å². The van der Waals surface area contributed by atoms with E-state index < -0.39 is 11.9 Å². The Bertz CT molecular complexity index is 1390. The van der Waals surface area contributed by atoms with Crippen LogP contribution in [0.15, 0.2) is 73.3 Å². The van der Waals surface area contributed by atoms with E-state index >= 15 is 0 Å². The maximum absolute atomic E-state index is 12.9. The second kappa shape index (κ2) is 24.8. The third kappa shape index (κ3) is 15.9. The van der Waals surface area contributed by atoms with Crippen LogP contribution in [0.5, 0.6) is 11.5 Å². The van der Waals surface area contributed by atoms with Crippen molar-refractivity contribution in [2.24, 2.45) is 0 Å². The van der Waals surface area contributed by atoms with E-state index in [0.717, 1.165) is 11.1 Å². The first-order chi connectivity index (χ1) is 24.5. The summed E-state index contributed by atoms with van der Waals surface area (Å²) >= 11 is 0. The van der Waals surface area contributed by atoms with Crippen LogP contribution >= 0.6 is 0 Å². The fourth-order valence-corrected chi connectivity index (χ4v) is 4.23. The van der Waals surface area contributed by atoms with Crippen molar-refractivity contribution in [3.63, 3.8) is 0 Å². The Balaban J connectivity index is 1.35. The zero-order valence-electron chi connectivity index (χ0n) is 28.9. The fourth-order valence-electron chi connectivity index (χ4n) is 4.23. The summed E-state index contributed by atoms with van der Waals surface area (Å²) in [4.78, 5) is 25.7. The standard InChI is InChI=1S/C38H48O12/c1-4-32-27-33(37(39)49-28-30-5-10-34(11-6-30)47-25-23-45-21-19-43-17-15-41-2)9-14-36(32)38(40)50-29-31-7-12-35(13-8-31)48-26-24-46-22-20-44-18-16-42-3/h4-14,27H,1,15-26,28-29H2,2-3H3. The van der Waals surface area contributed by atoms with E-state index in [4.69, 9.17) is 47.4 Å². The molecule has 0 atom stereocenters. The number of rotatable bonds is 27. The summed E-state index contributed by atoms with van der Waals surface area (Å²) < 4.78 is 53.8. The summed E-state index contributed by atoms with van der Waals surface area (Å²) in [5, 5.41) is 0. The van der Waals surface area contributed by atoms with Crippen molar-refractivity contribution in [1.29, 1.82) is 0 Å². The molecule has 272 valence electrons. The fraction of sp³-hybridized carbons (Fsp3) is 0.421. The van der Waals surface area contributed by atoms with Crippen molar-refractivity contribution < 1.29 is 57.0 Å². The molecule has 0 saturated carbocycles. The highest BCUT2D eigenvalue weighted by molar-refractivity contribution is 5.97. The highest BCUT2D eigenvalue weighted by Crippen LogP contribution is 2.19. The number of benzene rings is 3. The Kier molecular flexibility index (Phi) is 19.9. The Morgan fingerprint density at radius 1 is 0.540 bits per heavy atom. The summed E-state index contributed by atoms with van der Waals surface area (Å²) in [6, 6.07) is 19.1. The summed E-state index contributed by atoms with van der Waals surface area (Å²) in [5.41, 5.74) is 2.62. The molecular formula is C38H48O12. The van der Waals surface area contributed by atoms with Crippen LogP contribution in [0, 0.1) is 0 Å². The summed E-state index contributed by atoms with van der Waals surface area (Å²) in [7, 11) is 3.26. The quantitative estimate of drug-likeness (QED) is 0.0772. The largest absolute Gasteiger partial charge is 0.491 e. The van der Waals surface area contributed by atoms with Gasteiger partial charge in [-0.05, 0) is 59.2 Å². The van der Waals surface area contributed by atoms with Gasteiger partial charge in [-0.15, -0.1) is 0 Å². The van der Waals surface area contributed by atoms with Crippen LogP contribution in [-0.4, -0.2) is 105 Å². The second-order valence-corrected chi connectivity index (χ2v) is 10.6. The first-order valence-electron chi connectivity index (χ1n) is 16.4. The molecule has 0 saturated heterocycles. The minimum absolute atomic E-state index is 0.0639. The molecule has 12 heteroatoms. The number of carbonyl (C=O) groups is 2. The molecule has 0 aliphatic heterocycles. The average molecular weight is 697 g/mol. The van der Waals surface area contributed by atoms with Crippen LogP contribution in [0.4, 0.5) is 0 Å².